The number of hydrogen-bond donors (Lipinski definition) is 2. The number of nitrogens with zero attached hydrogens (tertiary/aromatic N) is 1. The van der Waals surface area contributed by atoms with Crippen LogP contribution in [0.2, 0.25) is 5.15 Å². The van der Waals surface area contributed by atoms with Gasteiger partial charge in [-0.25, -0.2) is 4.98 Å². The minimum atomic E-state index is -0.136. The van der Waals surface area contributed by atoms with Gasteiger partial charge in [0, 0.05) is 18.3 Å². The number of fused-ring (bicyclic) bond motifs is 1. The first-order chi connectivity index (χ1) is 10.1. The van der Waals surface area contributed by atoms with Crippen LogP contribution in [0.25, 0.3) is 0 Å². The lowest BCUT2D eigenvalue weighted by Gasteiger charge is -2.20. The molecule has 0 aliphatic carbocycles. The van der Waals surface area contributed by atoms with E-state index in [4.69, 9.17) is 11.6 Å². The largest absolute Gasteiger partial charge is 0.319 e. The minimum absolute atomic E-state index is 0.136. The van der Waals surface area contributed by atoms with Crippen LogP contribution in [0.4, 0.5) is 5.69 Å². The van der Waals surface area contributed by atoms with Crippen molar-refractivity contribution in [3.63, 3.8) is 0 Å². The molecule has 0 atom stereocenters. The molecule has 0 spiro atoms. The van der Waals surface area contributed by atoms with Gasteiger partial charge in [-0.15, -0.1) is 0 Å². The van der Waals surface area contributed by atoms with E-state index in [-0.39, 0.29) is 5.91 Å². The third-order valence-corrected chi connectivity index (χ3v) is 3.91. The van der Waals surface area contributed by atoms with Crippen LogP contribution < -0.4 is 10.6 Å². The number of halogens is 1. The average Bonchev–Trinajstić information content (AvgIpc) is 2.50. The van der Waals surface area contributed by atoms with Crippen molar-refractivity contribution in [1.82, 2.24) is 10.3 Å². The quantitative estimate of drug-likeness (QED) is 0.839. The lowest BCUT2D eigenvalue weighted by atomic mass is 9.95. The summed E-state index contributed by atoms with van der Waals surface area (Å²) in [6, 6.07) is 7.65. The van der Waals surface area contributed by atoms with Crippen LogP contribution in [0.3, 0.4) is 0 Å². The third kappa shape index (κ3) is 2.91. The monoisotopic (exact) mass is 301 g/mol. The minimum Gasteiger partial charge on any atom is -0.319 e. The Labute approximate surface area is 128 Å². The molecule has 2 heterocycles. The fourth-order valence-corrected chi connectivity index (χ4v) is 2.73. The first kappa shape index (κ1) is 14.0. The van der Waals surface area contributed by atoms with Gasteiger partial charge >= 0.3 is 0 Å². The van der Waals surface area contributed by atoms with Crippen LogP contribution >= 0.6 is 11.6 Å². The Hall–Kier alpha value is -1.91. The summed E-state index contributed by atoms with van der Waals surface area (Å²) in [6.07, 6.45) is 2.53. The van der Waals surface area contributed by atoms with E-state index in [0.29, 0.717) is 16.4 Å². The smallest absolute Gasteiger partial charge is 0.256 e. The molecule has 0 bridgehead atoms. The van der Waals surface area contributed by atoms with Crippen LogP contribution in [-0.2, 0) is 13.0 Å². The van der Waals surface area contributed by atoms with Gasteiger partial charge in [-0.05, 0) is 48.7 Å². The highest BCUT2D eigenvalue weighted by Crippen LogP contribution is 2.23. The van der Waals surface area contributed by atoms with E-state index in [2.05, 4.69) is 21.7 Å². The zero-order valence-corrected chi connectivity index (χ0v) is 12.5. The van der Waals surface area contributed by atoms with Crippen LogP contribution in [-0.4, -0.2) is 17.4 Å². The Morgan fingerprint density at radius 3 is 3.14 bits per heavy atom. The molecular formula is C16H16ClN3O. The number of hydrogen-bond acceptors (Lipinski definition) is 3. The van der Waals surface area contributed by atoms with Gasteiger partial charge in [-0.3, -0.25) is 4.79 Å². The maximum absolute atomic E-state index is 12.5. The summed E-state index contributed by atoms with van der Waals surface area (Å²) < 4.78 is 0. The fourth-order valence-electron chi connectivity index (χ4n) is 2.57. The molecule has 5 heteroatoms. The maximum atomic E-state index is 12.5. The van der Waals surface area contributed by atoms with E-state index in [0.717, 1.165) is 30.6 Å². The number of nitrogens with one attached hydrogen (secondary N) is 2. The van der Waals surface area contributed by atoms with Gasteiger partial charge in [0.15, 0.2) is 5.15 Å². The molecular weight excluding hydrogens is 286 g/mol. The molecule has 2 N–H and O–H groups in total. The van der Waals surface area contributed by atoms with Gasteiger partial charge in [-0.1, -0.05) is 23.7 Å². The Bertz CT molecular complexity index is 700. The standard InChI is InChI=1S/C16H16ClN3O/c1-10-7-14(15(17)19-8-10)20-16(21)13-4-2-3-11-9-18-6-5-12(11)13/h2-4,7-8,18H,5-6,9H2,1H3,(H,20,21). The van der Waals surface area contributed by atoms with Crippen molar-refractivity contribution in [1.29, 1.82) is 0 Å². The van der Waals surface area contributed by atoms with Crippen molar-refractivity contribution in [2.24, 2.45) is 0 Å². The lowest BCUT2D eigenvalue weighted by molar-refractivity contribution is 0.102. The highest BCUT2D eigenvalue weighted by molar-refractivity contribution is 6.32. The zero-order valence-electron chi connectivity index (χ0n) is 11.7. The van der Waals surface area contributed by atoms with Crippen molar-refractivity contribution in [3.05, 3.63) is 57.9 Å². The fraction of sp³-hybridized carbons (Fsp3) is 0.250. The molecule has 1 aliphatic rings. The summed E-state index contributed by atoms with van der Waals surface area (Å²) in [5, 5.41) is 6.48. The number of benzene rings is 1. The van der Waals surface area contributed by atoms with Crippen molar-refractivity contribution >= 4 is 23.2 Å². The summed E-state index contributed by atoms with van der Waals surface area (Å²) >= 11 is 6.04. The van der Waals surface area contributed by atoms with E-state index >= 15 is 0 Å². The Morgan fingerprint density at radius 2 is 2.29 bits per heavy atom. The molecule has 4 nitrogen and oxygen atoms in total. The summed E-state index contributed by atoms with van der Waals surface area (Å²) in [5.41, 5.74) is 4.52. The summed E-state index contributed by atoms with van der Waals surface area (Å²) in [6.45, 7) is 3.61. The van der Waals surface area contributed by atoms with Gasteiger partial charge < -0.3 is 10.6 Å². The predicted octanol–water partition coefficient (Wildman–Crippen LogP) is 2.94. The van der Waals surface area contributed by atoms with E-state index in [9.17, 15) is 4.79 Å². The Morgan fingerprint density at radius 1 is 1.43 bits per heavy atom. The van der Waals surface area contributed by atoms with Gasteiger partial charge in [0.05, 0.1) is 5.69 Å². The van der Waals surface area contributed by atoms with Crippen LogP contribution in [0.1, 0.15) is 27.0 Å². The number of aryl methyl sites for hydroxylation is 1. The van der Waals surface area contributed by atoms with Crippen LogP contribution in [0.5, 0.6) is 0 Å². The predicted molar refractivity (Wildman–Crippen MR) is 83.8 cm³/mol. The first-order valence-corrected chi connectivity index (χ1v) is 7.28. The molecule has 2 aromatic rings. The summed E-state index contributed by atoms with van der Waals surface area (Å²) in [7, 11) is 0. The van der Waals surface area contributed by atoms with Crippen molar-refractivity contribution in [2.75, 3.05) is 11.9 Å². The van der Waals surface area contributed by atoms with Crippen molar-refractivity contribution in [3.8, 4) is 0 Å². The molecule has 0 fully saturated rings. The maximum Gasteiger partial charge on any atom is 0.256 e. The van der Waals surface area contributed by atoms with Gasteiger partial charge in [0.25, 0.3) is 5.91 Å². The second-order valence-corrected chi connectivity index (χ2v) is 5.53. The molecule has 0 radical (unpaired) electrons. The molecule has 1 aromatic carbocycles. The summed E-state index contributed by atoms with van der Waals surface area (Å²) in [5.74, 6) is -0.136. The highest BCUT2D eigenvalue weighted by atomic mass is 35.5. The normalized spacial score (nSPS) is 13.6. The number of pyridine rings is 1. The molecule has 0 unspecified atom stereocenters. The number of carbonyl (C=O) groups is 1. The molecule has 21 heavy (non-hydrogen) atoms. The van der Waals surface area contributed by atoms with Crippen molar-refractivity contribution in [2.45, 2.75) is 19.9 Å². The van der Waals surface area contributed by atoms with E-state index in [1.165, 1.54) is 5.56 Å². The number of anilines is 1. The van der Waals surface area contributed by atoms with Gasteiger partial charge in [0.1, 0.15) is 0 Å². The average molecular weight is 302 g/mol. The summed E-state index contributed by atoms with van der Waals surface area (Å²) in [4.78, 5) is 16.6. The topological polar surface area (TPSA) is 54.0 Å². The third-order valence-electron chi connectivity index (χ3n) is 3.61. The zero-order chi connectivity index (χ0) is 14.8. The first-order valence-electron chi connectivity index (χ1n) is 6.90. The van der Waals surface area contributed by atoms with E-state index in [1.807, 2.05) is 25.1 Å². The SMILES string of the molecule is Cc1cnc(Cl)c(NC(=O)c2cccc3c2CCNC3)c1. The number of amides is 1. The highest BCUT2D eigenvalue weighted by Gasteiger charge is 2.18. The second kappa shape index (κ2) is 5.84. The molecule has 0 saturated heterocycles. The lowest BCUT2D eigenvalue weighted by Crippen LogP contribution is -2.26. The Balaban J connectivity index is 1.91. The molecule has 1 aliphatic heterocycles. The number of aromatic nitrogens is 1. The van der Waals surface area contributed by atoms with Crippen molar-refractivity contribution < 1.29 is 4.79 Å². The van der Waals surface area contributed by atoms with Gasteiger partial charge in [0.2, 0.25) is 0 Å². The molecule has 0 saturated carbocycles. The van der Waals surface area contributed by atoms with Crippen LogP contribution in [0, 0.1) is 6.92 Å². The van der Waals surface area contributed by atoms with Crippen LogP contribution in [0.15, 0.2) is 30.5 Å². The number of rotatable bonds is 2. The number of carbonyl (C=O) groups excluding carboxylic acids is 1. The molecule has 1 aromatic heterocycles. The van der Waals surface area contributed by atoms with E-state index in [1.54, 1.807) is 6.20 Å². The molecule has 3 rings (SSSR count). The van der Waals surface area contributed by atoms with E-state index < -0.39 is 0 Å². The van der Waals surface area contributed by atoms with Gasteiger partial charge in [-0.2, -0.15) is 0 Å². The molecule has 1 amide bonds. The second-order valence-electron chi connectivity index (χ2n) is 5.18. The Kier molecular flexibility index (Phi) is 3.90. The molecule has 108 valence electrons.